The van der Waals surface area contributed by atoms with E-state index in [2.05, 4.69) is 15.4 Å². The van der Waals surface area contributed by atoms with Gasteiger partial charge < -0.3 is 0 Å². The largest absolute Gasteiger partial charge is 0.298 e. The molecule has 0 fully saturated rings. The lowest BCUT2D eigenvalue weighted by Crippen LogP contribution is -2.26. The van der Waals surface area contributed by atoms with E-state index < -0.39 is 5.56 Å². The van der Waals surface area contributed by atoms with Crippen LogP contribution in [0.15, 0.2) is 35.3 Å². The summed E-state index contributed by atoms with van der Waals surface area (Å²) in [6.45, 7) is 1.23. The Balaban J connectivity index is 2.15. The van der Waals surface area contributed by atoms with Crippen molar-refractivity contribution in [2.75, 3.05) is 0 Å². The topological polar surface area (TPSA) is 82.7 Å². The summed E-state index contributed by atoms with van der Waals surface area (Å²) in [5.74, 6) is -0.568. The highest BCUT2D eigenvalue weighted by molar-refractivity contribution is 5.77. The second-order valence-electron chi connectivity index (χ2n) is 4.52. The minimum atomic E-state index is -0.441. The standard InChI is InChI=1S/C13H10FN5O2/c1-8(20)7-18-13(21)11-6-15-19(12(11)16-17-18)10-4-2-9(14)3-5-10/h2-6H,7H2,1H3. The number of hydrogen-bond donors (Lipinski definition) is 0. The van der Waals surface area contributed by atoms with Gasteiger partial charge in [0.2, 0.25) is 0 Å². The molecular formula is C13H10FN5O2. The first-order valence-corrected chi connectivity index (χ1v) is 6.13. The highest BCUT2D eigenvalue weighted by atomic mass is 19.1. The predicted octanol–water partition coefficient (Wildman–Crippen LogP) is 0.705. The molecule has 0 unspecified atom stereocenters. The molecule has 0 amide bonds. The number of carbonyl (C=O) groups is 1. The first-order chi connectivity index (χ1) is 10.1. The first kappa shape index (κ1) is 13.1. The van der Waals surface area contributed by atoms with Crippen molar-refractivity contribution in [3.63, 3.8) is 0 Å². The summed E-state index contributed by atoms with van der Waals surface area (Å²) in [6.07, 6.45) is 1.35. The van der Waals surface area contributed by atoms with E-state index in [1.807, 2.05) is 0 Å². The molecule has 8 heteroatoms. The van der Waals surface area contributed by atoms with Crippen molar-refractivity contribution in [2.24, 2.45) is 0 Å². The molecule has 7 nitrogen and oxygen atoms in total. The van der Waals surface area contributed by atoms with Gasteiger partial charge in [-0.2, -0.15) is 5.10 Å². The summed E-state index contributed by atoms with van der Waals surface area (Å²) >= 11 is 0. The molecular weight excluding hydrogens is 277 g/mol. The van der Waals surface area contributed by atoms with Crippen molar-refractivity contribution in [3.05, 3.63) is 46.6 Å². The lowest BCUT2D eigenvalue weighted by molar-refractivity contribution is -0.117. The predicted molar refractivity (Wildman–Crippen MR) is 71.6 cm³/mol. The van der Waals surface area contributed by atoms with Gasteiger partial charge in [0.25, 0.3) is 5.56 Å². The number of aromatic nitrogens is 5. The molecule has 0 saturated carbocycles. The Labute approximate surface area is 117 Å². The normalized spacial score (nSPS) is 11.0. The Morgan fingerprint density at radius 3 is 2.67 bits per heavy atom. The zero-order valence-electron chi connectivity index (χ0n) is 11.0. The van der Waals surface area contributed by atoms with Crippen molar-refractivity contribution in [1.82, 2.24) is 24.8 Å². The molecule has 0 atom stereocenters. The van der Waals surface area contributed by atoms with Crippen molar-refractivity contribution in [3.8, 4) is 5.69 Å². The quantitative estimate of drug-likeness (QED) is 0.708. The van der Waals surface area contributed by atoms with Gasteiger partial charge in [-0.05, 0) is 31.2 Å². The van der Waals surface area contributed by atoms with Gasteiger partial charge in [0.1, 0.15) is 17.7 Å². The smallest absolute Gasteiger partial charge is 0.281 e. The van der Waals surface area contributed by atoms with Crippen LogP contribution in [-0.4, -0.2) is 30.6 Å². The third kappa shape index (κ3) is 2.31. The van der Waals surface area contributed by atoms with Gasteiger partial charge in [-0.15, -0.1) is 5.10 Å². The fourth-order valence-electron chi connectivity index (χ4n) is 1.95. The Morgan fingerprint density at radius 2 is 2.00 bits per heavy atom. The highest BCUT2D eigenvalue weighted by Crippen LogP contribution is 2.13. The van der Waals surface area contributed by atoms with Crippen molar-refractivity contribution < 1.29 is 9.18 Å². The van der Waals surface area contributed by atoms with Crippen LogP contribution in [0.1, 0.15) is 6.92 Å². The molecule has 0 spiro atoms. The van der Waals surface area contributed by atoms with Crippen LogP contribution in [0.25, 0.3) is 16.7 Å². The summed E-state index contributed by atoms with van der Waals surface area (Å²) < 4.78 is 15.3. The monoisotopic (exact) mass is 287 g/mol. The van der Waals surface area contributed by atoms with E-state index in [0.717, 1.165) is 4.68 Å². The maximum atomic E-state index is 12.9. The van der Waals surface area contributed by atoms with Crippen LogP contribution in [-0.2, 0) is 11.3 Å². The van der Waals surface area contributed by atoms with Crippen LogP contribution in [0.3, 0.4) is 0 Å². The summed E-state index contributed by atoms with van der Waals surface area (Å²) in [5.41, 5.74) is 0.374. The summed E-state index contributed by atoms with van der Waals surface area (Å²) in [5, 5.41) is 12.0. The van der Waals surface area contributed by atoms with Gasteiger partial charge in [0, 0.05) is 0 Å². The first-order valence-electron chi connectivity index (χ1n) is 6.13. The van der Waals surface area contributed by atoms with E-state index >= 15 is 0 Å². The maximum absolute atomic E-state index is 12.9. The van der Waals surface area contributed by atoms with E-state index in [4.69, 9.17) is 0 Å². The molecule has 3 aromatic rings. The van der Waals surface area contributed by atoms with Crippen molar-refractivity contribution in [2.45, 2.75) is 13.5 Å². The van der Waals surface area contributed by atoms with E-state index in [1.54, 1.807) is 0 Å². The number of rotatable bonds is 3. The minimum absolute atomic E-state index is 0.135. The van der Waals surface area contributed by atoms with Crippen LogP contribution in [0.2, 0.25) is 0 Å². The molecule has 3 rings (SSSR count). The lowest BCUT2D eigenvalue weighted by atomic mass is 10.3. The molecule has 2 aromatic heterocycles. The van der Waals surface area contributed by atoms with Gasteiger partial charge in [-0.1, -0.05) is 5.21 Å². The second kappa shape index (κ2) is 4.89. The third-order valence-electron chi connectivity index (χ3n) is 2.90. The molecule has 1 aromatic carbocycles. The van der Waals surface area contributed by atoms with Crippen LogP contribution >= 0.6 is 0 Å². The third-order valence-corrected chi connectivity index (χ3v) is 2.90. The number of ketones is 1. The zero-order valence-corrected chi connectivity index (χ0v) is 11.0. The number of carbonyl (C=O) groups excluding carboxylic acids is 1. The Morgan fingerprint density at radius 1 is 1.29 bits per heavy atom. The fraction of sp³-hybridized carbons (Fsp3) is 0.154. The van der Waals surface area contributed by atoms with Gasteiger partial charge in [0.15, 0.2) is 11.4 Å². The molecule has 0 saturated heterocycles. The molecule has 106 valence electrons. The Kier molecular flexibility index (Phi) is 3.05. The lowest BCUT2D eigenvalue weighted by Gasteiger charge is -2.03. The molecule has 0 aliphatic heterocycles. The number of benzene rings is 1. The Hall–Kier alpha value is -2.90. The molecule has 0 aliphatic carbocycles. The maximum Gasteiger partial charge on any atom is 0.281 e. The molecule has 21 heavy (non-hydrogen) atoms. The molecule has 0 bridgehead atoms. The fourth-order valence-corrected chi connectivity index (χ4v) is 1.95. The minimum Gasteiger partial charge on any atom is -0.298 e. The van der Waals surface area contributed by atoms with Gasteiger partial charge in [0.05, 0.1) is 11.9 Å². The number of nitrogens with zero attached hydrogens (tertiary/aromatic N) is 5. The Bertz CT molecular complexity index is 882. The van der Waals surface area contributed by atoms with E-state index in [-0.39, 0.29) is 29.2 Å². The van der Waals surface area contributed by atoms with E-state index in [1.165, 1.54) is 42.1 Å². The van der Waals surface area contributed by atoms with Crippen LogP contribution in [0.4, 0.5) is 4.39 Å². The molecule has 2 heterocycles. The van der Waals surface area contributed by atoms with Crippen LogP contribution in [0.5, 0.6) is 0 Å². The second-order valence-corrected chi connectivity index (χ2v) is 4.52. The number of hydrogen-bond acceptors (Lipinski definition) is 5. The molecule has 0 N–H and O–H groups in total. The number of halogens is 1. The average molecular weight is 287 g/mol. The van der Waals surface area contributed by atoms with E-state index in [0.29, 0.717) is 5.69 Å². The molecule has 0 aliphatic rings. The van der Waals surface area contributed by atoms with Gasteiger partial charge >= 0.3 is 0 Å². The van der Waals surface area contributed by atoms with E-state index in [9.17, 15) is 14.0 Å². The zero-order chi connectivity index (χ0) is 15.0. The van der Waals surface area contributed by atoms with Crippen LogP contribution < -0.4 is 5.56 Å². The number of Topliss-reactive ketones (excluding diaryl/α,β-unsaturated/α-hetero) is 1. The van der Waals surface area contributed by atoms with Crippen molar-refractivity contribution in [1.29, 1.82) is 0 Å². The summed E-state index contributed by atoms with van der Waals surface area (Å²) in [4.78, 5) is 23.2. The van der Waals surface area contributed by atoms with Gasteiger partial charge in [-0.25, -0.2) is 13.8 Å². The van der Waals surface area contributed by atoms with Gasteiger partial charge in [-0.3, -0.25) is 9.59 Å². The summed E-state index contributed by atoms with van der Waals surface area (Å²) in [6, 6.07) is 5.61. The number of fused-ring (bicyclic) bond motifs is 1. The SMILES string of the molecule is CC(=O)Cn1nnc2c(cnn2-c2ccc(F)cc2)c1=O. The van der Waals surface area contributed by atoms with Crippen LogP contribution in [0, 0.1) is 5.82 Å². The van der Waals surface area contributed by atoms with Crippen molar-refractivity contribution >= 4 is 16.8 Å². The molecule has 0 radical (unpaired) electrons. The summed E-state index contributed by atoms with van der Waals surface area (Å²) in [7, 11) is 0. The highest BCUT2D eigenvalue weighted by Gasteiger charge is 2.13. The average Bonchev–Trinajstić information content (AvgIpc) is 2.87.